The van der Waals surface area contributed by atoms with Crippen molar-refractivity contribution in [2.45, 2.75) is 38.1 Å². The molecule has 2 N–H and O–H groups in total. The Morgan fingerprint density at radius 2 is 2.35 bits per heavy atom. The van der Waals surface area contributed by atoms with Crippen molar-refractivity contribution in [1.82, 2.24) is 5.32 Å². The summed E-state index contributed by atoms with van der Waals surface area (Å²) in [6.45, 7) is 1.96. The van der Waals surface area contributed by atoms with Gasteiger partial charge in [0.25, 0.3) is 5.91 Å². The van der Waals surface area contributed by atoms with Gasteiger partial charge in [0.15, 0.2) is 0 Å². The molecule has 2 rings (SSSR count). The van der Waals surface area contributed by atoms with E-state index >= 15 is 0 Å². The molecule has 0 aliphatic heterocycles. The number of nitrogens with one attached hydrogen (secondary N) is 1. The molecule has 1 aromatic carbocycles. The highest BCUT2D eigenvalue weighted by molar-refractivity contribution is 6.31. The van der Waals surface area contributed by atoms with E-state index in [2.05, 4.69) is 12.2 Å². The van der Waals surface area contributed by atoms with Crippen molar-refractivity contribution in [2.24, 2.45) is 5.92 Å². The predicted octanol–water partition coefficient (Wildman–Crippen LogP) is 3.15. The molecule has 1 aliphatic rings. The van der Waals surface area contributed by atoms with Crippen LogP contribution in [0, 0.1) is 11.7 Å². The lowest BCUT2D eigenvalue weighted by Gasteiger charge is -2.39. The fourth-order valence-corrected chi connectivity index (χ4v) is 3.11. The molecule has 20 heavy (non-hydrogen) atoms. The first kappa shape index (κ1) is 15.3. The molecule has 5 heteroatoms. The van der Waals surface area contributed by atoms with Gasteiger partial charge in [-0.25, -0.2) is 4.39 Å². The Bertz CT molecular complexity index is 509. The molecule has 1 aromatic rings. The molecule has 0 radical (unpaired) electrons. The Labute approximate surface area is 123 Å². The smallest absolute Gasteiger partial charge is 0.254 e. The average molecular weight is 300 g/mol. The number of halogens is 2. The molecule has 1 aliphatic carbocycles. The number of carbonyl (C=O) groups is 1. The SMILES string of the molecule is CC1CCCC(CO)(NC(=O)c2cc(Cl)ccc2F)C1. The zero-order valence-corrected chi connectivity index (χ0v) is 12.2. The minimum absolute atomic E-state index is 0.0800. The fourth-order valence-electron chi connectivity index (χ4n) is 2.94. The lowest BCUT2D eigenvalue weighted by Crippen LogP contribution is -2.54. The summed E-state index contributed by atoms with van der Waals surface area (Å²) in [7, 11) is 0. The van der Waals surface area contributed by atoms with E-state index < -0.39 is 17.3 Å². The van der Waals surface area contributed by atoms with Crippen LogP contribution in [0.25, 0.3) is 0 Å². The van der Waals surface area contributed by atoms with E-state index in [0.29, 0.717) is 23.8 Å². The van der Waals surface area contributed by atoms with Crippen molar-refractivity contribution in [2.75, 3.05) is 6.61 Å². The quantitative estimate of drug-likeness (QED) is 0.901. The number of benzene rings is 1. The van der Waals surface area contributed by atoms with Crippen LogP contribution in [0.2, 0.25) is 5.02 Å². The molecular formula is C15H19ClFNO2. The highest BCUT2D eigenvalue weighted by atomic mass is 35.5. The number of rotatable bonds is 3. The number of aliphatic hydroxyl groups is 1. The number of amides is 1. The van der Waals surface area contributed by atoms with Crippen molar-refractivity contribution in [1.29, 1.82) is 0 Å². The van der Waals surface area contributed by atoms with Gasteiger partial charge in [0, 0.05) is 5.02 Å². The van der Waals surface area contributed by atoms with Crippen LogP contribution < -0.4 is 5.32 Å². The van der Waals surface area contributed by atoms with Gasteiger partial charge in [-0.05, 0) is 37.0 Å². The van der Waals surface area contributed by atoms with Crippen molar-refractivity contribution in [3.05, 3.63) is 34.6 Å². The van der Waals surface area contributed by atoms with E-state index in [1.54, 1.807) is 0 Å². The van der Waals surface area contributed by atoms with E-state index in [1.807, 2.05) is 0 Å². The van der Waals surface area contributed by atoms with Gasteiger partial charge in [0.2, 0.25) is 0 Å². The van der Waals surface area contributed by atoms with E-state index in [9.17, 15) is 14.3 Å². The van der Waals surface area contributed by atoms with E-state index in [0.717, 1.165) is 12.8 Å². The third-order valence-electron chi connectivity index (χ3n) is 3.95. The topological polar surface area (TPSA) is 49.3 Å². The maximum atomic E-state index is 13.7. The summed E-state index contributed by atoms with van der Waals surface area (Å²) >= 11 is 5.80. The average Bonchev–Trinajstić information content (AvgIpc) is 2.41. The first-order valence-electron chi connectivity index (χ1n) is 6.84. The molecule has 1 fully saturated rings. The molecular weight excluding hydrogens is 281 g/mol. The van der Waals surface area contributed by atoms with E-state index in [-0.39, 0.29) is 12.2 Å². The second-order valence-electron chi connectivity index (χ2n) is 5.72. The lowest BCUT2D eigenvalue weighted by molar-refractivity contribution is 0.0693. The Morgan fingerprint density at radius 3 is 3.00 bits per heavy atom. The molecule has 0 saturated heterocycles. The van der Waals surface area contributed by atoms with Gasteiger partial charge in [-0.1, -0.05) is 31.4 Å². The predicted molar refractivity (Wildman–Crippen MR) is 76.3 cm³/mol. The zero-order valence-electron chi connectivity index (χ0n) is 11.5. The second kappa shape index (κ2) is 6.10. The first-order chi connectivity index (χ1) is 9.46. The van der Waals surface area contributed by atoms with Crippen LogP contribution in [0.1, 0.15) is 43.0 Å². The zero-order chi connectivity index (χ0) is 14.8. The summed E-state index contributed by atoms with van der Waals surface area (Å²) in [6, 6.07) is 3.88. The summed E-state index contributed by atoms with van der Waals surface area (Å²) < 4.78 is 13.7. The lowest BCUT2D eigenvalue weighted by atomic mass is 9.76. The largest absolute Gasteiger partial charge is 0.394 e. The summed E-state index contributed by atoms with van der Waals surface area (Å²) in [5.41, 5.74) is -0.729. The summed E-state index contributed by atoms with van der Waals surface area (Å²) in [5, 5.41) is 12.8. The molecule has 1 amide bonds. The first-order valence-corrected chi connectivity index (χ1v) is 7.22. The highest BCUT2D eigenvalue weighted by Gasteiger charge is 2.36. The van der Waals surface area contributed by atoms with Gasteiger partial charge in [-0.3, -0.25) is 4.79 Å². The Kier molecular flexibility index (Phi) is 4.66. The molecule has 3 nitrogen and oxygen atoms in total. The van der Waals surface area contributed by atoms with E-state index in [1.165, 1.54) is 18.2 Å². The van der Waals surface area contributed by atoms with Crippen molar-refractivity contribution in [3.8, 4) is 0 Å². The summed E-state index contributed by atoms with van der Waals surface area (Å²) in [4.78, 5) is 12.2. The molecule has 0 spiro atoms. The van der Waals surface area contributed by atoms with Gasteiger partial charge < -0.3 is 10.4 Å². The Hall–Kier alpha value is -1.13. The van der Waals surface area contributed by atoms with Gasteiger partial charge in [-0.15, -0.1) is 0 Å². The van der Waals surface area contributed by atoms with Gasteiger partial charge >= 0.3 is 0 Å². The van der Waals surface area contributed by atoms with Crippen LogP contribution in [0.15, 0.2) is 18.2 Å². The van der Waals surface area contributed by atoms with Gasteiger partial charge in [-0.2, -0.15) is 0 Å². The van der Waals surface area contributed by atoms with Crippen LogP contribution in [0.3, 0.4) is 0 Å². The fraction of sp³-hybridized carbons (Fsp3) is 0.533. The third-order valence-corrected chi connectivity index (χ3v) is 4.18. The number of aliphatic hydroxyl groups excluding tert-OH is 1. The molecule has 0 bridgehead atoms. The molecule has 2 unspecified atom stereocenters. The van der Waals surface area contributed by atoms with Crippen LogP contribution in [-0.4, -0.2) is 23.2 Å². The Morgan fingerprint density at radius 1 is 1.60 bits per heavy atom. The molecule has 110 valence electrons. The van der Waals surface area contributed by atoms with E-state index in [4.69, 9.17) is 11.6 Å². The van der Waals surface area contributed by atoms with Crippen molar-refractivity contribution < 1.29 is 14.3 Å². The number of carbonyl (C=O) groups excluding carboxylic acids is 1. The van der Waals surface area contributed by atoms with Crippen molar-refractivity contribution >= 4 is 17.5 Å². The molecule has 1 saturated carbocycles. The van der Waals surface area contributed by atoms with Gasteiger partial charge in [0.05, 0.1) is 17.7 Å². The Balaban J connectivity index is 2.19. The van der Waals surface area contributed by atoms with Crippen LogP contribution >= 0.6 is 11.6 Å². The molecule has 2 atom stereocenters. The number of hydrogen-bond donors (Lipinski definition) is 2. The minimum Gasteiger partial charge on any atom is -0.394 e. The minimum atomic E-state index is -0.649. The van der Waals surface area contributed by atoms with Crippen LogP contribution in [0.4, 0.5) is 4.39 Å². The maximum Gasteiger partial charge on any atom is 0.254 e. The number of hydrogen-bond acceptors (Lipinski definition) is 2. The second-order valence-corrected chi connectivity index (χ2v) is 6.15. The molecule has 0 heterocycles. The van der Waals surface area contributed by atoms with Gasteiger partial charge in [0.1, 0.15) is 5.82 Å². The summed E-state index contributed by atoms with van der Waals surface area (Å²) in [5.74, 6) is -0.697. The highest BCUT2D eigenvalue weighted by Crippen LogP contribution is 2.32. The van der Waals surface area contributed by atoms with Crippen molar-refractivity contribution in [3.63, 3.8) is 0 Å². The van der Waals surface area contributed by atoms with Crippen LogP contribution in [0.5, 0.6) is 0 Å². The standard InChI is InChI=1S/C15H19ClFNO2/c1-10-3-2-6-15(8-10,9-19)18-14(20)12-7-11(16)4-5-13(12)17/h4-5,7,10,19H,2-3,6,8-9H2,1H3,(H,18,20). The summed E-state index contributed by atoms with van der Waals surface area (Å²) in [6.07, 6.45) is 3.45. The normalized spacial score (nSPS) is 26.3. The monoisotopic (exact) mass is 299 g/mol. The maximum absolute atomic E-state index is 13.7. The third kappa shape index (κ3) is 3.30. The molecule has 0 aromatic heterocycles. The van der Waals surface area contributed by atoms with Crippen LogP contribution in [-0.2, 0) is 0 Å².